The second kappa shape index (κ2) is 5.73. The normalized spacial score (nSPS) is 12.6. The van der Waals surface area contributed by atoms with Crippen molar-refractivity contribution in [2.75, 3.05) is 7.05 Å². The number of aryl methyl sites for hydroxylation is 2. The Morgan fingerprint density at radius 2 is 2.22 bits per heavy atom. The predicted molar refractivity (Wildman–Crippen MR) is 70.1 cm³/mol. The Morgan fingerprint density at radius 1 is 1.39 bits per heavy atom. The maximum Gasteiger partial charge on any atom is 0.0759 e. The zero-order valence-corrected chi connectivity index (χ0v) is 11.1. The van der Waals surface area contributed by atoms with Gasteiger partial charge in [0.25, 0.3) is 0 Å². The van der Waals surface area contributed by atoms with E-state index in [0.717, 1.165) is 24.2 Å². The lowest BCUT2D eigenvalue weighted by Crippen LogP contribution is -2.21. The van der Waals surface area contributed by atoms with E-state index in [-0.39, 0.29) is 6.04 Å². The zero-order chi connectivity index (χ0) is 13.0. The molecule has 5 nitrogen and oxygen atoms in total. The molecule has 2 rings (SSSR count). The third-order valence-corrected chi connectivity index (χ3v) is 3.09. The first-order chi connectivity index (χ1) is 8.74. The van der Waals surface area contributed by atoms with Crippen molar-refractivity contribution in [2.24, 2.45) is 7.05 Å². The van der Waals surface area contributed by atoms with Crippen molar-refractivity contribution >= 4 is 0 Å². The number of rotatable bonds is 5. The van der Waals surface area contributed by atoms with E-state index < -0.39 is 0 Å². The molecule has 0 bridgehead atoms. The average molecular weight is 245 g/mol. The highest BCUT2D eigenvalue weighted by Crippen LogP contribution is 2.16. The van der Waals surface area contributed by atoms with Gasteiger partial charge in [-0.1, -0.05) is 6.92 Å². The molecule has 18 heavy (non-hydrogen) atoms. The number of nitrogens with one attached hydrogen (secondary N) is 1. The summed E-state index contributed by atoms with van der Waals surface area (Å²) in [6, 6.07) is 2.32. The molecule has 0 saturated carbocycles. The average Bonchev–Trinajstić information content (AvgIpc) is 2.77. The number of hydrogen-bond acceptors (Lipinski definition) is 4. The van der Waals surface area contributed by atoms with Gasteiger partial charge in [-0.2, -0.15) is 5.10 Å². The lowest BCUT2D eigenvalue weighted by Gasteiger charge is -2.14. The second-order valence-corrected chi connectivity index (χ2v) is 4.28. The van der Waals surface area contributed by atoms with Crippen molar-refractivity contribution in [3.05, 3.63) is 41.7 Å². The minimum absolute atomic E-state index is 0.166. The highest BCUT2D eigenvalue weighted by molar-refractivity contribution is 5.14. The summed E-state index contributed by atoms with van der Waals surface area (Å²) in [5, 5.41) is 7.74. The molecule has 2 aromatic heterocycles. The highest BCUT2D eigenvalue weighted by Gasteiger charge is 2.14. The fourth-order valence-corrected chi connectivity index (χ4v) is 1.99. The van der Waals surface area contributed by atoms with Crippen LogP contribution in [0.5, 0.6) is 0 Å². The first-order valence-electron chi connectivity index (χ1n) is 6.19. The van der Waals surface area contributed by atoms with Gasteiger partial charge in [-0.25, -0.2) is 0 Å². The van der Waals surface area contributed by atoms with Crippen LogP contribution in [-0.4, -0.2) is 26.8 Å². The maximum atomic E-state index is 4.46. The van der Waals surface area contributed by atoms with Crippen molar-refractivity contribution in [1.29, 1.82) is 0 Å². The molecule has 0 aliphatic rings. The van der Waals surface area contributed by atoms with Crippen molar-refractivity contribution in [1.82, 2.24) is 25.1 Å². The van der Waals surface area contributed by atoms with Crippen LogP contribution < -0.4 is 5.32 Å². The monoisotopic (exact) mass is 245 g/mol. The summed E-state index contributed by atoms with van der Waals surface area (Å²) in [5.74, 6) is 0. The van der Waals surface area contributed by atoms with E-state index in [1.54, 1.807) is 18.6 Å². The Morgan fingerprint density at radius 3 is 2.78 bits per heavy atom. The minimum Gasteiger partial charge on any atom is -0.311 e. The van der Waals surface area contributed by atoms with Crippen LogP contribution >= 0.6 is 0 Å². The van der Waals surface area contributed by atoms with Crippen LogP contribution in [0.2, 0.25) is 0 Å². The summed E-state index contributed by atoms with van der Waals surface area (Å²) in [7, 11) is 3.92. The molecule has 0 saturated heterocycles. The van der Waals surface area contributed by atoms with Gasteiger partial charge < -0.3 is 5.32 Å². The van der Waals surface area contributed by atoms with Gasteiger partial charge in [0.1, 0.15) is 0 Å². The van der Waals surface area contributed by atoms with Crippen LogP contribution in [0.15, 0.2) is 24.7 Å². The molecule has 0 aliphatic carbocycles. The van der Waals surface area contributed by atoms with E-state index in [9.17, 15) is 0 Å². The van der Waals surface area contributed by atoms with Crippen molar-refractivity contribution < 1.29 is 0 Å². The Labute approximate surface area is 107 Å². The van der Waals surface area contributed by atoms with Crippen molar-refractivity contribution in [2.45, 2.75) is 25.8 Å². The third-order valence-electron chi connectivity index (χ3n) is 3.09. The van der Waals surface area contributed by atoms with Gasteiger partial charge in [0.15, 0.2) is 0 Å². The fourth-order valence-electron chi connectivity index (χ4n) is 1.99. The molecule has 0 radical (unpaired) electrons. The molecule has 0 amide bonds. The van der Waals surface area contributed by atoms with E-state index in [0.29, 0.717) is 0 Å². The van der Waals surface area contributed by atoms with Gasteiger partial charge in [-0.15, -0.1) is 0 Å². The molecule has 0 fully saturated rings. The Hall–Kier alpha value is -1.75. The van der Waals surface area contributed by atoms with Crippen molar-refractivity contribution in [3.8, 4) is 0 Å². The van der Waals surface area contributed by atoms with E-state index in [1.807, 2.05) is 18.8 Å². The number of hydrogen-bond donors (Lipinski definition) is 1. The molecule has 0 spiro atoms. The molecule has 5 heteroatoms. The molecule has 1 N–H and O–H groups in total. The Bertz CT molecular complexity index is 491. The largest absolute Gasteiger partial charge is 0.311 e. The standard InChI is InChI=1S/C13H19N5/c1-4-10-7-11(18(3)17-10)8-12(14-2)13-9-15-5-6-16-13/h5-7,9,12,14H,4,8H2,1-3H3. The third kappa shape index (κ3) is 2.73. The first-order valence-corrected chi connectivity index (χ1v) is 6.19. The van der Waals surface area contributed by atoms with E-state index in [1.165, 1.54) is 5.69 Å². The smallest absolute Gasteiger partial charge is 0.0759 e. The minimum atomic E-state index is 0.166. The van der Waals surface area contributed by atoms with Crippen LogP contribution in [0.3, 0.4) is 0 Å². The number of aromatic nitrogens is 4. The molecule has 1 atom stereocenters. The van der Waals surface area contributed by atoms with E-state index >= 15 is 0 Å². The van der Waals surface area contributed by atoms with Crippen LogP contribution in [0, 0.1) is 0 Å². The molecular formula is C13H19N5. The van der Waals surface area contributed by atoms with Crippen LogP contribution in [0.4, 0.5) is 0 Å². The molecule has 2 aromatic rings. The molecule has 96 valence electrons. The van der Waals surface area contributed by atoms with Gasteiger partial charge in [0, 0.05) is 37.8 Å². The summed E-state index contributed by atoms with van der Waals surface area (Å²) >= 11 is 0. The zero-order valence-electron chi connectivity index (χ0n) is 11.1. The van der Waals surface area contributed by atoms with Gasteiger partial charge >= 0.3 is 0 Å². The summed E-state index contributed by atoms with van der Waals surface area (Å²) < 4.78 is 1.94. The first kappa shape index (κ1) is 12.7. The van der Waals surface area contributed by atoms with Gasteiger partial charge in [0.2, 0.25) is 0 Å². The molecule has 2 heterocycles. The van der Waals surface area contributed by atoms with Crippen molar-refractivity contribution in [3.63, 3.8) is 0 Å². The van der Waals surface area contributed by atoms with E-state index in [2.05, 4.69) is 33.4 Å². The quantitative estimate of drug-likeness (QED) is 0.862. The number of nitrogens with zero attached hydrogens (tertiary/aromatic N) is 4. The van der Waals surface area contributed by atoms with E-state index in [4.69, 9.17) is 0 Å². The number of likely N-dealkylation sites (N-methyl/N-ethyl adjacent to an activating group) is 1. The van der Waals surface area contributed by atoms with Crippen LogP contribution in [0.1, 0.15) is 30.0 Å². The lowest BCUT2D eigenvalue weighted by atomic mass is 10.1. The summed E-state index contributed by atoms with van der Waals surface area (Å²) in [5.41, 5.74) is 3.29. The SMILES string of the molecule is CCc1cc(CC(NC)c2cnccn2)n(C)n1. The lowest BCUT2D eigenvalue weighted by molar-refractivity contribution is 0.546. The fraction of sp³-hybridized carbons (Fsp3) is 0.462. The second-order valence-electron chi connectivity index (χ2n) is 4.28. The molecular weight excluding hydrogens is 226 g/mol. The summed E-state index contributed by atoms with van der Waals surface area (Å²) in [6.07, 6.45) is 7.04. The summed E-state index contributed by atoms with van der Waals surface area (Å²) in [6.45, 7) is 2.12. The van der Waals surface area contributed by atoms with Gasteiger partial charge in [-0.05, 0) is 19.5 Å². The maximum absolute atomic E-state index is 4.46. The summed E-state index contributed by atoms with van der Waals surface area (Å²) in [4.78, 5) is 8.46. The topological polar surface area (TPSA) is 55.6 Å². The van der Waals surface area contributed by atoms with Gasteiger partial charge in [-0.3, -0.25) is 14.6 Å². The predicted octanol–water partition coefficient (Wildman–Crippen LogP) is 1.28. The van der Waals surface area contributed by atoms with Crippen LogP contribution in [-0.2, 0) is 19.9 Å². The molecule has 0 aromatic carbocycles. The molecule has 0 aliphatic heterocycles. The molecule has 1 unspecified atom stereocenters. The van der Waals surface area contributed by atoms with Crippen LogP contribution in [0.25, 0.3) is 0 Å². The highest BCUT2D eigenvalue weighted by atomic mass is 15.3. The van der Waals surface area contributed by atoms with Gasteiger partial charge in [0.05, 0.1) is 17.4 Å². The Kier molecular flexibility index (Phi) is 4.04. The Balaban J connectivity index is 2.18.